The zero-order chi connectivity index (χ0) is 12.6. The van der Waals surface area contributed by atoms with Gasteiger partial charge in [0.1, 0.15) is 0 Å². The fraction of sp³-hybridized carbons (Fsp3) is 0.267. The summed E-state index contributed by atoms with van der Waals surface area (Å²) < 4.78 is 1.94. The number of aromatic nitrogens is 2. The normalized spacial score (nSPS) is 12.9. The monoisotopic (exact) mass is 241 g/mol. The molecule has 1 N–H and O–H groups in total. The van der Waals surface area contributed by atoms with E-state index in [2.05, 4.69) is 41.6 Å². The number of nitrogens with zero attached hydrogens (tertiary/aromatic N) is 2. The van der Waals surface area contributed by atoms with Crippen LogP contribution in [0.25, 0.3) is 6.08 Å². The van der Waals surface area contributed by atoms with Crippen LogP contribution in [-0.4, -0.2) is 22.4 Å². The summed E-state index contributed by atoms with van der Waals surface area (Å²) in [7, 11) is 0. The van der Waals surface area contributed by atoms with Crippen molar-refractivity contribution >= 4 is 6.08 Å². The molecule has 1 aromatic heterocycles. The summed E-state index contributed by atoms with van der Waals surface area (Å²) in [5.41, 5.74) is 1.24. The average molecular weight is 241 g/mol. The van der Waals surface area contributed by atoms with Gasteiger partial charge in [-0.25, -0.2) is 0 Å². The fourth-order valence-corrected chi connectivity index (χ4v) is 1.78. The second kappa shape index (κ2) is 6.77. The van der Waals surface area contributed by atoms with Gasteiger partial charge >= 0.3 is 0 Å². The van der Waals surface area contributed by atoms with Crippen molar-refractivity contribution in [1.29, 1.82) is 0 Å². The van der Waals surface area contributed by atoms with E-state index in [-0.39, 0.29) is 0 Å². The van der Waals surface area contributed by atoms with Crippen molar-refractivity contribution in [2.24, 2.45) is 0 Å². The van der Waals surface area contributed by atoms with Crippen molar-refractivity contribution in [3.8, 4) is 0 Å². The van der Waals surface area contributed by atoms with Crippen LogP contribution in [0.15, 0.2) is 54.9 Å². The fourth-order valence-electron chi connectivity index (χ4n) is 1.78. The molecule has 1 heterocycles. The number of hydrogen-bond donors (Lipinski definition) is 1. The summed E-state index contributed by atoms with van der Waals surface area (Å²) in [5.74, 6) is 0. The van der Waals surface area contributed by atoms with E-state index >= 15 is 0 Å². The van der Waals surface area contributed by atoms with E-state index in [9.17, 15) is 0 Å². The topological polar surface area (TPSA) is 29.9 Å². The van der Waals surface area contributed by atoms with E-state index in [0.717, 1.165) is 13.1 Å². The second-order valence-corrected chi connectivity index (χ2v) is 4.35. The minimum atomic E-state index is 0.408. The summed E-state index contributed by atoms with van der Waals surface area (Å²) in [5, 5.41) is 7.63. The highest BCUT2D eigenvalue weighted by molar-refractivity contribution is 5.48. The summed E-state index contributed by atoms with van der Waals surface area (Å²) in [4.78, 5) is 0. The zero-order valence-electron chi connectivity index (χ0n) is 10.7. The van der Waals surface area contributed by atoms with Crippen molar-refractivity contribution in [1.82, 2.24) is 15.1 Å². The van der Waals surface area contributed by atoms with Crippen molar-refractivity contribution in [2.45, 2.75) is 19.5 Å². The molecule has 0 aliphatic carbocycles. The lowest BCUT2D eigenvalue weighted by atomic mass is 10.2. The minimum absolute atomic E-state index is 0.408. The zero-order valence-corrected chi connectivity index (χ0v) is 10.7. The van der Waals surface area contributed by atoms with Crippen LogP contribution in [-0.2, 0) is 6.54 Å². The maximum Gasteiger partial charge on any atom is 0.0560 e. The maximum atomic E-state index is 4.19. The Bertz CT molecular complexity index is 460. The van der Waals surface area contributed by atoms with Crippen LogP contribution < -0.4 is 5.32 Å². The molecule has 0 radical (unpaired) electrons. The predicted octanol–water partition coefficient (Wildman–Crippen LogP) is 2.57. The standard InChI is InChI=1S/C15H19N3/c1-14(13-18-12-6-11-17-18)16-10-5-9-15-7-3-2-4-8-15/h2-9,11-12,14,16H,10,13H2,1H3/b9-5+. The SMILES string of the molecule is CC(Cn1cccn1)NC/C=C/c1ccccc1. The molecule has 1 atom stereocenters. The Hall–Kier alpha value is -1.87. The van der Waals surface area contributed by atoms with Crippen LogP contribution in [0.2, 0.25) is 0 Å². The predicted molar refractivity (Wildman–Crippen MR) is 75.2 cm³/mol. The van der Waals surface area contributed by atoms with E-state index in [1.54, 1.807) is 0 Å². The van der Waals surface area contributed by atoms with Crippen molar-refractivity contribution in [3.05, 3.63) is 60.4 Å². The molecule has 3 nitrogen and oxygen atoms in total. The van der Waals surface area contributed by atoms with Crippen LogP contribution in [0.3, 0.4) is 0 Å². The molecule has 0 aliphatic rings. The van der Waals surface area contributed by atoms with Gasteiger partial charge in [-0.15, -0.1) is 0 Å². The van der Waals surface area contributed by atoms with Gasteiger partial charge in [-0.1, -0.05) is 42.5 Å². The molecule has 1 unspecified atom stereocenters. The molecule has 0 fully saturated rings. The molecule has 2 rings (SSSR count). The second-order valence-electron chi connectivity index (χ2n) is 4.35. The van der Waals surface area contributed by atoms with Gasteiger partial charge in [0.2, 0.25) is 0 Å². The third-order valence-electron chi connectivity index (χ3n) is 2.71. The average Bonchev–Trinajstić information content (AvgIpc) is 2.89. The van der Waals surface area contributed by atoms with Gasteiger partial charge in [0.15, 0.2) is 0 Å². The van der Waals surface area contributed by atoms with Gasteiger partial charge in [0.25, 0.3) is 0 Å². The van der Waals surface area contributed by atoms with Crippen LogP contribution >= 0.6 is 0 Å². The molecular weight excluding hydrogens is 222 g/mol. The highest BCUT2D eigenvalue weighted by Crippen LogP contribution is 2.00. The summed E-state index contributed by atoms with van der Waals surface area (Å²) in [6.07, 6.45) is 8.07. The van der Waals surface area contributed by atoms with Gasteiger partial charge in [-0.2, -0.15) is 5.10 Å². The Kier molecular flexibility index (Phi) is 4.73. The Morgan fingerprint density at radius 1 is 1.28 bits per heavy atom. The van der Waals surface area contributed by atoms with E-state index in [1.807, 2.05) is 41.3 Å². The van der Waals surface area contributed by atoms with E-state index in [0.29, 0.717) is 6.04 Å². The molecule has 0 spiro atoms. The van der Waals surface area contributed by atoms with E-state index in [4.69, 9.17) is 0 Å². The minimum Gasteiger partial charge on any atom is -0.309 e. The van der Waals surface area contributed by atoms with Crippen molar-refractivity contribution in [3.63, 3.8) is 0 Å². The Balaban J connectivity index is 1.70. The number of nitrogens with one attached hydrogen (secondary N) is 1. The lowest BCUT2D eigenvalue weighted by molar-refractivity contribution is 0.469. The number of hydrogen-bond acceptors (Lipinski definition) is 2. The highest BCUT2D eigenvalue weighted by atomic mass is 15.3. The summed E-state index contributed by atoms with van der Waals surface area (Å²) in [6.45, 7) is 3.93. The molecule has 1 aromatic carbocycles. The molecule has 0 aliphatic heterocycles. The van der Waals surface area contributed by atoms with Crippen LogP contribution in [0.4, 0.5) is 0 Å². The largest absolute Gasteiger partial charge is 0.309 e. The molecule has 0 bridgehead atoms. The molecule has 94 valence electrons. The first kappa shape index (κ1) is 12.6. The molecule has 3 heteroatoms. The molecular formula is C15H19N3. The van der Waals surface area contributed by atoms with Crippen molar-refractivity contribution < 1.29 is 0 Å². The van der Waals surface area contributed by atoms with Crippen LogP contribution in [0.5, 0.6) is 0 Å². The smallest absolute Gasteiger partial charge is 0.0560 e. The molecule has 0 amide bonds. The third-order valence-corrected chi connectivity index (χ3v) is 2.71. The first-order valence-electron chi connectivity index (χ1n) is 6.27. The Morgan fingerprint density at radius 3 is 2.83 bits per heavy atom. The van der Waals surface area contributed by atoms with E-state index < -0.39 is 0 Å². The lowest BCUT2D eigenvalue weighted by Crippen LogP contribution is -2.30. The quantitative estimate of drug-likeness (QED) is 0.842. The highest BCUT2D eigenvalue weighted by Gasteiger charge is 2.00. The van der Waals surface area contributed by atoms with Gasteiger partial charge in [0, 0.05) is 25.0 Å². The molecule has 18 heavy (non-hydrogen) atoms. The lowest BCUT2D eigenvalue weighted by Gasteiger charge is -2.12. The molecule has 0 saturated heterocycles. The number of benzene rings is 1. The van der Waals surface area contributed by atoms with E-state index in [1.165, 1.54) is 5.56 Å². The number of rotatable bonds is 6. The summed E-state index contributed by atoms with van der Waals surface area (Å²) in [6, 6.07) is 12.7. The molecule has 2 aromatic rings. The Labute approximate surface area is 108 Å². The van der Waals surface area contributed by atoms with Gasteiger partial charge in [-0.3, -0.25) is 4.68 Å². The van der Waals surface area contributed by atoms with Gasteiger partial charge in [-0.05, 0) is 18.6 Å². The molecule has 0 saturated carbocycles. The Morgan fingerprint density at radius 2 is 2.11 bits per heavy atom. The first-order valence-corrected chi connectivity index (χ1v) is 6.27. The van der Waals surface area contributed by atoms with Gasteiger partial charge < -0.3 is 5.32 Å². The van der Waals surface area contributed by atoms with Gasteiger partial charge in [0.05, 0.1) is 6.54 Å². The maximum absolute atomic E-state index is 4.19. The van der Waals surface area contributed by atoms with Crippen LogP contribution in [0.1, 0.15) is 12.5 Å². The third kappa shape index (κ3) is 4.18. The van der Waals surface area contributed by atoms with Crippen LogP contribution in [0, 0.1) is 0 Å². The summed E-state index contributed by atoms with van der Waals surface area (Å²) >= 11 is 0. The van der Waals surface area contributed by atoms with Crippen molar-refractivity contribution in [2.75, 3.05) is 6.54 Å². The first-order chi connectivity index (χ1) is 8.84.